The van der Waals surface area contributed by atoms with E-state index in [1.165, 1.54) is 4.88 Å². The van der Waals surface area contributed by atoms with Crippen LogP contribution in [-0.4, -0.2) is 19.6 Å². The number of rotatable bonds is 3. The molecule has 1 aromatic rings. The second-order valence-electron chi connectivity index (χ2n) is 2.56. The van der Waals surface area contributed by atoms with Gasteiger partial charge in [0.1, 0.15) is 0 Å². The molecule has 0 saturated carbocycles. The van der Waals surface area contributed by atoms with Crippen molar-refractivity contribution in [1.82, 2.24) is 10.6 Å². The van der Waals surface area contributed by atoms with Crippen LogP contribution in [-0.2, 0) is 6.54 Å². The van der Waals surface area contributed by atoms with Crippen molar-refractivity contribution in [3.8, 4) is 12.3 Å². The van der Waals surface area contributed by atoms with Crippen LogP contribution in [0.4, 0.5) is 0 Å². The molecule has 0 aromatic carbocycles. The number of halogens is 1. The van der Waals surface area contributed by atoms with Gasteiger partial charge in [0, 0.05) is 11.9 Å². The maximum Gasteiger partial charge on any atom is 0.192 e. The van der Waals surface area contributed by atoms with Gasteiger partial charge < -0.3 is 10.6 Å². The van der Waals surface area contributed by atoms with E-state index in [0.717, 1.165) is 12.5 Å². The summed E-state index contributed by atoms with van der Waals surface area (Å²) >= 11 is 1.71. The zero-order chi connectivity index (χ0) is 10.2. The Kier molecular flexibility index (Phi) is 8.14. The average Bonchev–Trinajstić information content (AvgIpc) is 2.71. The largest absolute Gasteiger partial charge is 0.352 e. The Balaban J connectivity index is 0.00000196. The first-order chi connectivity index (χ1) is 6.86. The molecule has 5 heteroatoms. The van der Waals surface area contributed by atoms with Crippen LogP contribution in [0.25, 0.3) is 0 Å². The van der Waals surface area contributed by atoms with Gasteiger partial charge in [-0.1, -0.05) is 12.0 Å². The monoisotopic (exact) mass is 335 g/mol. The summed E-state index contributed by atoms with van der Waals surface area (Å²) in [5, 5.41) is 8.20. The highest BCUT2D eigenvalue weighted by atomic mass is 127. The van der Waals surface area contributed by atoms with E-state index in [1.54, 1.807) is 18.4 Å². The molecule has 0 bridgehead atoms. The Bertz CT molecular complexity index is 327. The highest BCUT2D eigenvalue weighted by molar-refractivity contribution is 14.0. The van der Waals surface area contributed by atoms with Crippen LogP contribution >= 0.6 is 35.3 Å². The van der Waals surface area contributed by atoms with E-state index in [-0.39, 0.29) is 24.0 Å². The zero-order valence-corrected chi connectivity index (χ0v) is 11.6. The molecule has 1 heterocycles. The third-order valence-electron chi connectivity index (χ3n) is 1.59. The summed E-state index contributed by atoms with van der Waals surface area (Å²) in [4.78, 5) is 5.30. The number of hydrogen-bond donors (Lipinski definition) is 2. The van der Waals surface area contributed by atoms with E-state index in [4.69, 9.17) is 6.42 Å². The van der Waals surface area contributed by atoms with Gasteiger partial charge in [0.2, 0.25) is 0 Å². The van der Waals surface area contributed by atoms with E-state index in [9.17, 15) is 0 Å². The molecule has 0 amide bonds. The van der Waals surface area contributed by atoms with E-state index in [1.807, 2.05) is 6.07 Å². The van der Waals surface area contributed by atoms with Crippen LogP contribution in [0, 0.1) is 12.3 Å². The molecule has 0 fully saturated rings. The number of guanidine groups is 1. The van der Waals surface area contributed by atoms with Gasteiger partial charge in [-0.2, -0.15) is 0 Å². The fourth-order valence-electron chi connectivity index (χ4n) is 0.939. The van der Waals surface area contributed by atoms with Crippen molar-refractivity contribution in [3.05, 3.63) is 22.4 Å². The summed E-state index contributed by atoms with van der Waals surface area (Å²) in [6.45, 7) is 1.27. The van der Waals surface area contributed by atoms with E-state index >= 15 is 0 Å². The first kappa shape index (κ1) is 14.3. The molecular formula is C10H14IN3S. The lowest BCUT2D eigenvalue weighted by atomic mass is 10.5. The quantitative estimate of drug-likeness (QED) is 0.382. The van der Waals surface area contributed by atoms with Gasteiger partial charge in [-0.3, -0.25) is 4.99 Å². The van der Waals surface area contributed by atoms with Gasteiger partial charge in [0.15, 0.2) is 5.96 Å². The van der Waals surface area contributed by atoms with Crippen molar-refractivity contribution in [2.75, 3.05) is 13.6 Å². The van der Waals surface area contributed by atoms with Crippen molar-refractivity contribution in [2.24, 2.45) is 4.99 Å². The van der Waals surface area contributed by atoms with Crippen LogP contribution in [0.3, 0.4) is 0 Å². The van der Waals surface area contributed by atoms with Gasteiger partial charge in [0.05, 0.1) is 13.1 Å². The average molecular weight is 335 g/mol. The molecule has 2 N–H and O–H groups in total. The molecule has 1 aromatic heterocycles. The van der Waals surface area contributed by atoms with Crippen LogP contribution in [0.15, 0.2) is 22.5 Å². The molecule has 3 nitrogen and oxygen atoms in total. The number of thiophene rings is 1. The number of nitrogens with one attached hydrogen (secondary N) is 2. The Hall–Kier alpha value is -0.740. The van der Waals surface area contributed by atoms with Crippen LogP contribution in [0.1, 0.15) is 4.88 Å². The van der Waals surface area contributed by atoms with Gasteiger partial charge in [-0.25, -0.2) is 0 Å². The minimum Gasteiger partial charge on any atom is -0.352 e. The first-order valence-corrected chi connectivity index (χ1v) is 5.15. The lowest BCUT2D eigenvalue weighted by molar-refractivity contribution is 0.863. The van der Waals surface area contributed by atoms with Crippen molar-refractivity contribution in [3.63, 3.8) is 0 Å². The first-order valence-electron chi connectivity index (χ1n) is 4.27. The van der Waals surface area contributed by atoms with Gasteiger partial charge in [-0.15, -0.1) is 41.7 Å². The van der Waals surface area contributed by atoms with E-state index in [0.29, 0.717) is 6.54 Å². The highest BCUT2D eigenvalue weighted by Crippen LogP contribution is 2.06. The van der Waals surface area contributed by atoms with Gasteiger partial charge in [-0.05, 0) is 11.4 Å². The van der Waals surface area contributed by atoms with Crippen molar-refractivity contribution in [1.29, 1.82) is 0 Å². The SMILES string of the molecule is C#CCNC(=NC)NCc1cccs1.I. The Labute approximate surface area is 111 Å². The maximum absolute atomic E-state index is 5.13. The van der Waals surface area contributed by atoms with Crippen molar-refractivity contribution >= 4 is 41.3 Å². The number of nitrogens with zero attached hydrogens (tertiary/aromatic N) is 1. The zero-order valence-electron chi connectivity index (χ0n) is 8.49. The molecule has 0 aliphatic heterocycles. The predicted molar refractivity (Wildman–Crippen MR) is 76.8 cm³/mol. The summed E-state index contributed by atoms with van der Waals surface area (Å²) < 4.78 is 0. The molecular weight excluding hydrogens is 321 g/mol. The molecule has 0 radical (unpaired) electrons. The highest BCUT2D eigenvalue weighted by Gasteiger charge is 1.96. The third-order valence-corrected chi connectivity index (χ3v) is 2.47. The Morgan fingerprint density at radius 2 is 2.40 bits per heavy atom. The fraction of sp³-hybridized carbons (Fsp3) is 0.300. The molecule has 0 spiro atoms. The summed E-state index contributed by atoms with van der Waals surface area (Å²) in [5.74, 6) is 3.23. The number of hydrogen-bond acceptors (Lipinski definition) is 2. The van der Waals surface area contributed by atoms with Crippen LogP contribution < -0.4 is 10.6 Å². The molecule has 0 atom stereocenters. The standard InChI is InChI=1S/C10H13N3S.HI/c1-3-6-12-10(11-2)13-8-9-5-4-7-14-9;/h1,4-5,7H,6,8H2,2H3,(H2,11,12,13);1H. The molecule has 0 aliphatic rings. The molecule has 82 valence electrons. The molecule has 15 heavy (non-hydrogen) atoms. The lowest BCUT2D eigenvalue weighted by Crippen LogP contribution is -2.36. The predicted octanol–water partition coefficient (Wildman–Crippen LogP) is 1.66. The van der Waals surface area contributed by atoms with Crippen LogP contribution in [0.5, 0.6) is 0 Å². The van der Waals surface area contributed by atoms with E-state index in [2.05, 4.69) is 33.0 Å². The molecule has 0 aliphatic carbocycles. The summed E-state index contributed by atoms with van der Waals surface area (Å²) in [5.41, 5.74) is 0. The van der Waals surface area contributed by atoms with Gasteiger partial charge in [0.25, 0.3) is 0 Å². The maximum atomic E-state index is 5.13. The fourth-order valence-corrected chi connectivity index (χ4v) is 1.58. The summed E-state index contributed by atoms with van der Waals surface area (Å²) in [7, 11) is 1.72. The molecule has 0 saturated heterocycles. The minimum absolute atomic E-state index is 0. The Morgan fingerprint density at radius 1 is 1.60 bits per heavy atom. The molecule has 1 rings (SSSR count). The van der Waals surface area contributed by atoms with Gasteiger partial charge >= 0.3 is 0 Å². The smallest absolute Gasteiger partial charge is 0.192 e. The lowest BCUT2D eigenvalue weighted by Gasteiger charge is -2.08. The number of aliphatic imine (C=N–C) groups is 1. The topological polar surface area (TPSA) is 36.4 Å². The summed E-state index contributed by atoms with van der Waals surface area (Å²) in [6, 6.07) is 4.10. The van der Waals surface area contributed by atoms with Crippen molar-refractivity contribution < 1.29 is 0 Å². The molecule has 0 unspecified atom stereocenters. The minimum atomic E-state index is 0. The second kappa shape index (κ2) is 8.56. The summed E-state index contributed by atoms with van der Waals surface area (Å²) in [6.07, 6.45) is 5.13. The second-order valence-corrected chi connectivity index (χ2v) is 3.60. The normalized spacial score (nSPS) is 10.0. The van der Waals surface area contributed by atoms with Crippen molar-refractivity contribution in [2.45, 2.75) is 6.54 Å². The number of terminal acetylenes is 1. The third kappa shape index (κ3) is 5.64. The Morgan fingerprint density at radius 3 is 2.93 bits per heavy atom. The van der Waals surface area contributed by atoms with E-state index < -0.39 is 0 Å². The van der Waals surface area contributed by atoms with Crippen LogP contribution in [0.2, 0.25) is 0 Å².